The predicted molar refractivity (Wildman–Crippen MR) is 66.4 cm³/mol. The van der Waals surface area contributed by atoms with E-state index in [1.165, 1.54) is 16.7 Å². The maximum absolute atomic E-state index is 2.24. The highest BCUT2D eigenvalue weighted by molar-refractivity contribution is 5.32. The van der Waals surface area contributed by atoms with Crippen molar-refractivity contribution in [3.05, 3.63) is 47.1 Å². The third kappa shape index (κ3) is 6.47. The Hall–Kier alpha value is -1.04. The van der Waals surface area contributed by atoms with E-state index in [0.29, 0.717) is 0 Å². The van der Waals surface area contributed by atoms with Gasteiger partial charge in [-0.15, -0.1) is 0 Å². The molecule has 0 amide bonds. The van der Waals surface area contributed by atoms with Crippen molar-refractivity contribution in [2.45, 2.75) is 41.0 Å². The van der Waals surface area contributed by atoms with E-state index in [-0.39, 0.29) is 0 Å². The Balaban J connectivity index is 4.54. The van der Waals surface area contributed by atoms with E-state index in [2.05, 4.69) is 58.1 Å². The summed E-state index contributed by atoms with van der Waals surface area (Å²) in [6.07, 6.45) is 11.9. The maximum atomic E-state index is 2.24. The highest BCUT2D eigenvalue weighted by atomic mass is 13.9. The normalized spacial score (nSPS) is 15.4. The first kappa shape index (κ1) is 13.0. The zero-order valence-electron chi connectivity index (χ0n) is 10.1. The average Bonchev–Trinajstić information content (AvgIpc) is 2.03. The van der Waals surface area contributed by atoms with Crippen LogP contribution in [-0.2, 0) is 0 Å². The molecule has 78 valence electrons. The summed E-state index contributed by atoms with van der Waals surface area (Å²) in [5.74, 6) is 0. The fourth-order valence-electron chi connectivity index (χ4n) is 1.45. The van der Waals surface area contributed by atoms with Gasteiger partial charge in [0.2, 0.25) is 0 Å². The molecule has 0 aliphatic carbocycles. The van der Waals surface area contributed by atoms with Gasteiger partial charge in [0.25, 0.3) is 0 Å². The Morgan fingerprint density at radius 1 is 0.929 bits per heavy atom. The Morgan fingerprint density at radius 3 is 2.00 bits per heavy atom. The van der Waals surface area contributed by atoms with Crippen molar-refractivity contribution < 1.29 is 0 Å². The minimum atomic E-state index is 1.10. The lowest BCUT2D eigenvalue weighted by Crippen LogP contribution is -1.75. The third-order valence-electron chi connectivity index (χ3n) is 1.87. The standard InChI is InChI=1S/C14H22/c1-6-8-12(3)10-14(5)11-13(4)9-7-2/h6,8-11H,7H2,1-5H3/b8-6+,12-10+,13-9+,14-11-. The molecule has 0 radical (unpaired) electrons. The van der Waals surface area contributed by atoms with E-state index in [4.69, 9.17) is 0 Å². The molecule has 0 aromatic rings. The van der Waals surface area contributed by atoms with Gasteiger partial charge >= 0.3 is 0 Å². The van der Waals surface area contributed by atoms with Gasteiger partial charge in [-0.1, -0.05) is 54.0 Å². The van der Waals surface area contributed by atoms with Crippen molar-refractivity contribution in [2.24, 2.45) is 0 Å². The second-order valence-corrected chi connectivity index (χ2v) is 3.63. The van der Waals surface area contributed by atoms with Gasteiger partial charge in [0.15, 0.2) is 0 Å². The van der Waals surface area contributed by atoms with Gasteiger partial charge in [0.1, 0.15) is 0 Å². The van der Waals surface area contributed by atoms with E-state index in [9.17, 15) is 0 Å². The van der Waals surface area contributed by atoms with Crippen LogP contribution >= 0.6 is 0 Å². The lowest BCUT2D eigenvalue weighted by Gasteiger charge is -1.96. The fraction of sp³-hybridized carbons (Fsp3) is 0.429. The smallest absolute Gasteiger partial charge is 0.0374 e. The van der Waals surface area contributed by atoms with Crippen molar-refractivity contribution in [3.8, 4) is 0 Å². The SMILES string of the molecule is C/C=C/C(C)=C/C(C)=C\C(C)=C\CC. The number of hydrogen-bond acceptors (Lipinski definition) is 0. The molecule has 0 aliphatic rings. The zero-order valence-corrected chi connectivity index (χ0v) is 10.1. The molecule has 0 unspecified atom stereocenters. The molecule has 0 saturated heterocycles. The van der Waals surface area contributed by atoms with Crippen LogP contribution in [0.4, 0.5) is 0 Å². The molecule has 0 saturated carbocycles. The molecule has 0 rings (SSSR count). The predicted octanol–water partition coefficient (Wildman–Crippen LogP) is 4.81. The summed E-state index contributed by atoms with van der Waals surface area (Å²) in [4.78, 5) is 0. The quantitative estimate of drug-likeness (QED) is 0.558. The minimum absolute atomic E-state index is 1.10. The minimum Gasteiger partial charge on any atom is -0.0874 e. The number of rotatable bonds is 4. The Bertz CT molecular complexity index is 272. The molecule has 0 nitrogen and oxygen atoms in total. The summed E-state index contributed by atoms with van der Waals surface area (Å²) in [5.41, 5.74) is 3.95. The van der Waals surface area contributed by atoms with Crippen LogP contribution in [0.15, 0.2) is 47.1 Å². The van der Waals surface area contributed by atoms with Gasteiger partial charge in [-0.2, -0.15) is 0 Å². The fourth-order valence-corrected chi connectivity index (χ4v) is 1.45. The molecule has 0 heterocycles. The molecule has 0 spiro atoms. The van der Waals surface area contributed by atoms with Gasteiger partial charge < -0.3 is 0 Å². The van der Waals surface area contributed by atoms with E-state index >= 15 is 0 Å². The van der Waals surface area contributed by atoms with Crippen LogP contribution in [0.3, 0.4) is 0 Å². The van der Waals surface area contributed by atoms with Crippen LogP contribution in [0.5, 0.6) is 0 Å². The van der Waals surface area contributed by atoms with E-state index < -0.39 is 0 Å². The van der Waals surface area contributed by atoms with E-state index in [1.807, 2.05) is 6.92 Å². The Labute approximate surface area is 88.7 Å². The van der Waals surface area contributed by atoms with Gasteiger partial charge in [-0.3, -0.25) is 0 Å². The van der Waals surface area contributed by atoms with Crippen LogP contribution in [0.2, 0.25) is 0 Å². The lowest BCUT2D eigenvalue weighted by molar-refractivity contribution is 1.19. The van der Waals surface area contributed by atoms with Crippen molar-refractivity contribution in [3.63, 3.8) is 0 Å². The topological polar surface area (TPSA) is 0 Å². The molecule has 0 heteroatoms. The monoisotopic (exact) mass is 190 g/mol. The molecule has 0 aliphatic heterocycles. The molecule has 0 N–H and O–H groups in total. The van der Waals surface area contributed by atoms with Crippen LogP contribution in [-0.4, -0.2) is 0 Å². The second-order valence-electron chi connectivity index (χ2n) is 3.63. The summed E-state index contributed by atoms with van der Waals surface area (Å²) in [6, 6.07) is 0. The summed E-state index contributed by atoms with van der Waals surface area (Å²) >= 11 is 0. The van der Waals surface area contributed by atoms with Crippen LogP contribution in [0.1, 0.15) is 41.0 Å². The summed E-state index contributed by atoms with van der Waals surface area (Å²) < 4.78 is 0. The molecular formula is C14H22. The Kier molecular flexibility index (Phi) is 6.82. The molecule has 0 aromatic heterocycles. The molecule has 0 aromatic carbocycles. The van der Waals surface area contributed by atoms with E-state index in [0.717, 1.165) is 6.42 Å². The molecule has 0 fully saturated rings. The zero-order chi connectivity index (χ0) is 11.0. The van der Waals surface area contributed by atoms with Crippen LogP contribution < -0.4 is 0 Å². The van der Waals surface area contributed by atoms with Crippen molar-refractivity contribution in [1.29, 1.82) is 0 Å². The summed E-state index contributed by atoms with van der Waals surface area (Å²) in [7, 11) is 0. The van der Waals surface area contributed by atoms with Gasteiger partial charge in [0, 0.05) is 0 Å². The highest BCUT2D eigenvalue weighted by Crippen LogP contribution is 2.07. The van der Waals surface area contributed by atoms with Gasteiger partial charge in [-0.05, 0) is 34.1 Å². The van der Waals surface area contributed by atoms with Crippen molar-refractivity contribution in [2.75, 3.05) is 0 Å². The first-order chi connectivity index (χ1) is 6.60. The summed E-state index contributed by atoms with van der Waals surface area (Å²) in [6.45, 7) is 10.6. The largest absolute Gasteiger partial charge is 0.0874 e. The third-order valence-corrected chi connectivity index (χ3v) is 1.87. The number of allylic oxidation sites excluding steroid dienone is 8. The van der Waals surface area contributed by atoms with Gasteiger partial charge in [-0.25, -0.2) is 0 Å². The molecular weight excluding hydrogens is 168 g/mol. The lowest BCUT2D eigenvalue weighted by atomic mass is 10.1. The molecule has 0 atom stereocenters. The first-order valence-corrected chi connectivity index (χ1v) is 5.26. The second kappa shape index (κ2) is 7.37. The van der Waals surface area contributed by atoms with Gasteiger partial charge in [0.05, 0.1) is 0 Å². The van der Waals surface area contributed by atoms with Crippen molar-refractivity contribution in [1.82, 2.24) is 0 Å². The molecule has 0 bridgehead atoms. The van der Waals surface area contributed by atoms with Crippen LogP contribution in [0, 0.1) is 0 Å². The van der Waals surface area contributed by atoms with Crippen molar-refractivity contribution >= 4 is 0 Å². The summed E-state index contributed by atoms with van der Waals surface area (Å²) in [5, 5.41) is 0. The van der Waals surface area contributed by atoms with Crippen LogP contribution in [0.25, 0.3) is 0 Å². The number of hydrogen-bond donors (Lipinski definition) is 0. The van der Waals surface area contributed by atoms with E-state index in [1.54, 1.807) is 0 Å². The first-order valence-electron chi connectivity index (χ1n) is 5.26. The Morgan fingerprint density at radius 2 is 1.50 bits per heavy atom. The average molecular weight is 190 g/mol. The molecule has 14 heavy (non-hydrogen) atoms. The maximum Gasteiger partial charge on any atom is -0.0374 e. The highest BCUT2D eigenvalue weighted by Gasteiger charge is 1.86.